The Kier molecular flexibility index (Phi) is 5.24. The lowest BCUT2D eigenvalue weighted by molar-refractivity contribution is -0.143. The third-order valence-electron chi connectivity index (χ3n) is 3.21. The molecule has 22 heavy (non-hydrogen) atoms. The van der Waals surface area contributed by atoms with Gasteiger partial charge in [0.15, 0.2) is 0 Å². The average Bonchev–Trinajstić information content (AvgIpc) is 2.84. The fourth-order valence-corrected chi connectivity index (χ4v) is 2.31. The fraction of sp³-hybridized carbons (Fsp3) is 0.400. The number of aliphatic carboxylic acids is 1. The average molecular weight is 305 g/mol. The Balaban J connectivity index is 2.21. The van der Waals surface area contributed by atoms with Gasteiger partial charge in [-0.05, 0) is 18.2 Å². The highest BCUT2D eigenvalue weighted by atomic mass is 16.5. The summed E-state index contributed by atoms with van der Waals surface area (Å²) in [5.74, 6) is -0.0926. The SMILES string of the molecule is COCc1cccc(C(C(=O)O)N(C)Cc2nnc(C)o2)c1. The predicted octanol–water partition coefficient (Wildman–Crippen LogP) is 1.78. The van der Waals surface area contributed by atoms with Crippen LogP contribution in [0.4, 0.5) is 0 Å². The predicted molar refractivity (Wildman–Crippen MR) is 78.0 cm³/mol. The van der Waals surface area contributed by atoms with Crippen LogP contribution in [-0.4, -0.2) is 40.3 Å². The van der Waals surface area contributed by atoms with Crippen LogP contribution in [0.3, 0.4) is 0 Å². The molecule has 0 spiro atoms. The zero-order valence-electron chi connectivity index (χ0n) is 12.8. The van der Waals surface area contributed by atoms with Crippen molar-refractivity contribution in [3.05, 3.63) is 47.2 Å². The molecule has 2 aromatic rings. The van der Waals surface area contributed by atoms with Gasteiger partial charge in [0.05, 0.1) is 13.2 Å². The van der Waals surface area contributed by atoms with Crippen molar-refractivity contribution in [2.45, 2.75) is 26.1 Å². The minimum atomic E-state index is -0.937. The van der Waals surface area contributed by atoms with Crippen LogP contribution in [0.25, 0.3) is 0 Å². The van der Waals surface area contributed by atoms with Gasteiger partial charge in [-0.3, -0.25) is 9.69 Å². The summed E-state index contributed by atoms with van der Waals surface area (Å²) >= 11 is 0. The van der Waals surface area contributed by atoms with Crippen LogP contribution >= 0.6 is 0 Å². The molecule has 0 aliphatic rings. The van der Waals surface area contributed by atoms with Gasteiger partial charge >= 0.3 is 5.97 Å². The van der Waals surface area contributed by atoms with Crippen molar-refractivity contribution in [3.63, 3.8) is 0 Å². The Morgan fingerprint density at radius 1 is 1.45 bits per heavy atom. The van der Waals surface area contributed by atoms with E-state index in [4.69, 9.17) is 9.15 Å². The summed E-state index contributed by atoms with van der Waals surface area (Å²) in [5.41, 5.74) is 1.61. The summed E-state index contributed by atoms with van der Waals surface area (Å²) in [7, 11) is 3.31. The van der Waals surface area contributed by atoms with Gasteiger partial charge in [0.1, 0.15) is 6.04 Å². The molecule has 1 unspecified atom stereocenters. The molecule has 0 saturated heterocycles. The van der Waals surface area contributed by atoms with Crippen LogP contribution in [0.1, 0.15) is 29.0 Å². The zero-order valence-corrected chi connectivity index (χ0v) is 12.8. The summed E-state index contributed by atoms with van der Waals surface area (Å²) in [6.45, 7) is 2.39. The quantitative estimate of drug-likeness (QED) is 0.834. The fourth-order valence-electron chi connectivity index (χ4n) is 2.31. The van der Waals surface area contributed by atoms with E-state index in [1.807, 2.05) is 18.2 Å². The number of carboxylic acid groups (broad SMARTS) is 1. The molecular weight excluding hydrogens is 286 g/mol. The number of methoxy groups -OCH3 is 1. The minimum Gasteiger partial charge on any atom is -0.480 e. The molecule has 1 aromatic heterocycles. The number of aromatic nitrogens is 2. The first-order valence-electron chi connectivity index (χ1n) is 6.81. The molecule has 2 rings (SSSR count). The van der Waals surface area contributed by atoms with Crippen molar-refractivity contribution in [1.82, 2.24) is 15.1 Å². The van der Waals surface area contributed by atoms with Crippen LogP contribution in [0.5, 0.6) is 0 Å². The van der Waals surface area contributed by atoms with E-state index in [0.717, 1.165) is 5.56 Å². The molecule has 0 aliphatic heterocycles. The second kappa shape index (κ2) is 7.15. The van der Waals surface area contributed by atoms with Crippen molar-refractivity contribution in [2.75, 3.05) is 14.2 Å². The van der Waals surface area contributed by atoms with Gasteiger partial charge < -0.3 is 14.3 Å². The highest BCUT2D eigenvalue weighted by Gasteiger charge is 2.26. The molecule has 0 radical (unpaired) electrons. The van der Waals surface area contributed by atoms with Crippen molar-refractivity contribution in [3.8, 4) is 0 Å². The second-order valence-corrected chi connectivity index (χ2v) is 5.05. The molecule has 1 atom stereocenters. The van der Waals surface area contributed by atoms with Crippen LogP contribution in [0.15, 0.2) is 28.7 Å². The normalized spacial score (nSPS) is 12.5. The number of carboxylic acids is 1. The monoisotopic (exact) mass is 305 g/mol. The molecule has 1 aromatic carbocycles. The van der Waals surface area contributed by atoms with E-state index in [2.05, 4.69) is 10.2 Å². The van der Waals surface area contributed by atoms with E-state index in [1.54, 1.807) is 32.0 Å². The second-order valence-electron chi connectivity index (χ2n) is 5.05. The summed E-state index contributed by atoms with van der Waals surface area (Å²) in [6, 6.07) is 6.53. The molecule has 0 fully saturated rings. The molecule has 0 amide bonds. The van der Waals surface area contributed by atoms with Crippen molar-refractivity contribution in [2.24, 2.45) is 0 Å². The Morgan fingerprint density at radius 2 is 2.23 bits per heavy atom. The third-order valence-corrected chi connectivity index (χ3v) is 3.21. The molecule has 0 saturated carbocycles. The lowest BCUT2D eigenvalue weighted by atomic mass is 10.0. The van der Waals surface area contributed by atoms with E-state index in [0.29, 0.717) is 24.0 Å². The van der Waals surface area contributed by atoms with E-state index in [1.165, 1.54) is 0 Å². The number of benzene rings is 1. The maximum Gasteiger partial charge on any atom is 0.325 e. The number of hydrogen-bond acceptors (Lipinski definition) is 6. The minimum absolute atomic E-state index is 0.256. The maximum absolute atomic E-state index is 11.7. The molecule has 0 bridgehead atoms. The van der Waals surface area contributed by atoms with Crippen molar-refractivity contribution >= 4 is 5.97 Å². The number of nitrogens with zero attached hydrogens (tertiary/aromatic N) is 3. The van der Waals surface area contributed by atoms with Crippen LogP contribution in [0.2, 0.25) is 0 Å². The summed E-state index contributed by atoms with van der Waals surface area (Å²) in [4.78, 5) is 13.3. The smallest absolute Gasteiger partial charge is 0.325 e. The largest absolute Gasteiger partial charge is 0.480 e. The number of likely N-dealkylation sites (N-methyl/N-ethyl adjacent to an activating group) is 1. The zero-order chi connectivity index (χ0) is 16.1. The molecule has 7 nitrogen and oxygen atoms in total. The first-order valence-corrected chi connectivity index (χ1v) is 6.81. The molecule has 1 heterocycles. The number of hydrogen-bond donors (Lipinski definition) is 1. The number of rotatable bonds is 7. The van der Waals surface area contributed by atoms with Gasteiger partial charge in [-0.2, -0.15) is 0 Å². The summed E-state index contributed by atoms with van der Waals surface area (Å²) in [6.07, 6.45) is 0. The number of ether oxygens (including phenoxy) is 1. The van der Waals surface area contributed by atoms with Crippen molar-refractivity contribution < 1.29 is 19.1 Å². The molecular formula is C15H19N3O4. The lowest BCUT2D eigenvalue weighted by Crippen LogP contribution is -2.30. The topological polar surface area (TPSA) is 88.7 Å². The van der Waals surface area contributed by atoms with Gasteiger partial charge in [0.25, 0.3) is 0 Å². The number of aryl methyl sites for hydroxylation is 1. The first kappa shape index (κ1) is 16.1. The third kappa shape index (κ3) is 3.90. The standard InChI is InChI=1S/C15H19N3O4/c1-10-16-17-13(22-10)8-18(2)14(15(19)20)12-6-4-5-11(7-12)9-21-3/h4-7,14H,8-9H2,1-3H3,(H,19,20). The maximum atomic E-state index is 11.7. The van der Waals surface area contributed by atoms with E-state index in [-0.39, 0.29) is 6.54 Å². The lowest BCUT2D eigenvalue weighted by Gasteiger charge is -2.23. The van der Waals surface area contributed by atoms with Gasteiger partial charge in [-0.1, -0.05) is 24.3 Å². The van der Waals surface area contributed by atoms with E-state index in [9.17, 15) is 9.90 Å². The first-order chi connectivity index (χ1) is 10.5. The molecule has 118 valence electrons. The number of carbonyl (C=O) groups is 1. The summed E-state index contributed by atoms with van der Waals surface area (Å²) in [5, 5.41) is 17.2. The van der Waals surface area contributed by atoms with Gasteiger partial charge in [0, 0.05) is 14.0 Å². The Morgan fingerprint density at radius 3 is 2.82 bits per heavy atom. The molecule has 7 heteroatoms. The molecule has 1 N–H and O–H groups in total. The van der Waals surface area contributed by atoms with Crippen LogP contribution in [-0.2, 0) is 22.7 Å². The van der Waals surface area contributed by atoms with E-state index < -0.39 is 12.0 Å². The highest BCUT2D eigenvalue weighted by molar-refractivity contribution is 5.75. The van der Waals surface area contributed by atoms with Crippen LogP contribution in [0, 0.1) is 6.92 Å². The van der Waals surface area contributed by atoms with Crippen LogP contribution < -0.4 is 0 Å². The molecule has 0 aliphatic carbocycles. The Bertz CT molecular complexity index is 641. The van der Waals surface area contributed by atoms with Crippen molar-refractivity contribution in [1.29, 1.82) is 0 Å². The van der Waals surface area contributed by atoms with Gasteiger partial charge in [0.2, 0.25) is 11.8 Å². The Hall–Kier alpha value is -2.25. The van der Waals surface area contributed by atoms with E-state index >= 15 is 0 Å². The summed E-state index contributed by atoms with van der Waals surface area (Å²) < 4.78 is 10.4. The van der Waals surface area contributed by atoms with Gasteiger partial charge in [-0.25, -0.2) is 0 Å². The van der Waals surface area contributed by atoms with Gasteiger partial charge in [-0.15, -0.1) is 10.2 Å². The Labute approximate surface area is 128 Å². The highest BCUT2D eigenvalue weighted by Crippen LogP contribution is 2.22.